The number of carbonyl (C=O) groups is 4. The highest BCUT2D eigenvalue weighted by Gasteiger charge is 2.35. The Bertz CT molecular complexity index is 1220. The quantitative estimate of drug-likeness (QED) is 0.258. The van der Waals surface area contributed by atoms with Crippen LogP contribution in [0.3, 0.4) is 0 Å². The molecular weight excluding hydrogens is 541 g/mol. The number of esters is 1. The summed E-state index contributed by atoms with van der Waals surface area (Å²) in [4.78, 5) is 49.8. The van der Waals surface area contributed by atoms with Crippen LogP contribution in [0, 0.1) is 5.82 Å². The summed E-state index contributed by atoms with van der Waals surface area (Å²) >= 11 is 3.38. The van der Waals surface area contributed by atoms with Gasteiger partial charge in [-0.2, -0.15) is 0 Å². The molecular formula is C24H23BrFN3O7. The van der Waals surface area contributed by atoms with E-state index < -0.39 is 36.2 Å². The Kier molecular flexibility index (Phi) is 9.01. The van der Waals surface area contributed by atoms with E-state index in [1.165, 1.54) is 30.3 Å². The summed E-state index contributed by atoms with van der Waals surface area (Å²) in [6, 6.07) is 7.85. The van der Waals surface area contributed by atoms with E-state index in [-0.39, 0.29) is 30.3 Å². The van der Waals surface area contributed by atoms with E-state index in [2.05, 4.69) is 26.6 Å². The van der Waals surface area contributed by atoms with Gasteiger partial charge in [0, 0.05) is 4.47 Å². The molecule has 1 aliphatic rings. The van der Waals surface area contributed by atoms with Crippen LogP contribution in [0.4, 0.5) is 14.9 Å². The van der Waals surface area contributed by atoms with Crippen LogP contribution < -0.4 is 20.1 Å². The number of urea groups is 1. The Labute approximate surface area is 214 Å². The Balaban J connectivity index is 1.76. The summed E-state index contributed by atoms with van der Waals surface area (Å²) in [6.07, 6.45) is 1.40. The van der Waals surface area contributed by atoms with Gasteiger partial charge in [0.25, 0.3) is 5.91 Å². The molecule has 190 valence electrons. The monoisotopic (exact) mass is 563 g/mol. The number of nitrogens with one attached hydrogen (secondary N) is 2. The van der Waals surface area contributed by atoms with E-state index in [0.29, 0.717) is 27.3 Å². The lowest BCUT2D eigenvalue weighted by Gasteiger charge is -2.14. The fourth-order valence-corrected chi connectivity index (χ4v) is 3.59. The first-order valence-corrected chi connectivity index (χ1v) is 11.7. The first-order valence-electron chi connectivity index (χ1n) is 10.9. The molecule has 12 heteroatoms. The SMILES string of the molecule is CCOC(=O)COc1cc(Br)c(/C=C2/NC(=O)N(CC(=O)Nc3ccccc3F)C2=O)cc1OCC. The number of rotatable bonds is 10. The average Bonchev–Trinajstić information content (AvgIpc) is 3.09. The van der Waals surface area contributed by atoms with Gasteiger partial charge in [0.05, 0.1) is 18.9 Å². The van der Waals surface area contributed by atoms with Gasteiger partial charge in [-0.05, 0) is 49.8 Å². The largest absolute Gasteiger partial charge is 0.490 e. The fraction of sp³-hybridized carbons (Fsp3) is 0.250. The molecule has 2 N–H and O–H groups in total. The molecule has 0 unspecified atom stereocenters. The molecule has 0 aliphatic carbocycles. The Hall–Kier alpha value is -3.93. The second-order valence-electron chi connectivity index (χ2n) is 7.25. The highest BCUT2D eigenvalue weighted by molar-refractivity contribution is 9.10. The molecule has 0 atom stereocenters. The van der Waals surface area contributed by atoms with Crippen LogP contribution in [0.15, 0.2) is 46.6 Å². The molecule has 1 heterocycles. The van der Waals surface area contributed by atoms with E-state index >= 15 is 0 Å². The van der Waals surface area contributed by atoms with Gasteiger partial charge in [0.1, 0.15) is 18.1 Å². The molecule has 1 fully saturated rings. The highest BCUT2D eigenvalue weighted by Crippen LogP contribution is 2.35. The number of hydrogen-bond acceptors (Lipinski definition) is 7. The van der Waals surface area contributed by atoms with Gasteiger partial charge in [0.2, 0.25) is 5.91 Å². The van der Waals surface area contributed by atoms with Gasteiger partial charge in [-0.3, -0.25) is 9.59 Å². The fourth-order valence-electron chi connectivity index (χ4n) is 3.15. The van der Waals surface area contributed by atoms with E-state index in [1.54, 1.807) is 26.0 Å². The van der Waals surface area contributed by atoms with Gasteiger partial charge >= 0.3 is 12.0 Å². The summed E-state index contributed by atoms with van der Waals surface area (Å²) in [5.74, 6) is -2.10. The van der Waals surface area contributed by atoms with Crippen molar-refractivity contribution in [2.24, 2.45) is 0 Å². The lowest BCUT2D eigenvalue weighted by molar-refractivity contribution is -0.145. The molecule has 2 aromatic carbocycles. The van der Waals surface area contributed by atoms with Crippen molar-refractivity contribution in [2.45, 2.75) is 13.8 Å². The molecule has 10 nitrogen and oxygen atoms in total. The summed E-state index contributed by atoms with van der Waals surface area (Å²) in [5, 5.41) is 4.75. The van der Waals surface area contributed by atoms with Crippen molar-refractivity contribution in [1.82, 2.24) is 10.2 Å². The number of halogens is 2. The van der Waals surface area contributed by atoms with Crippen molar-refractivity contribution >= 4 is 51.5 Å². The van der Waals surface area contributed by atoms with Gasteiger partial charge in [-0.1, -0.05) is 28.1 Å². The summed E-state index contributed by atoms with van der Waals surface area (Å²) < 4.78 is 30.2. The number of nitrogens with zero attached hydrogens (tertiary/aromatic N) is 1. The second kappa shape index (κ2) is 12.2. The van der Waals surface area contributed by atoms with E-state index in [0.717, 1.165) is 0 Å². The van der Waals surface area contributed by atoms with Crippen molar-refractivity contribution in [3.8, 4) is 11.5 Å². The van der Waals surface area contributed by atoms with Crippen molar-refractivity contribution in [3.05, 3.63) is 57.9 Å². The van der Waals surface area contributed by atoms with Crippen molar-refractivity contribution in [3.63, 3.8) is 0 Å². The third-order valence-corrected chi connectivity index (χ3v) is 5.41. The minimum Gasteiger partial charge on any atom is -0.490 e. The Morgan fingerprint density at radius 3 is 2.53 bits per heavy atom. The molecule has 0 saturated carbocycles. The molecule has 1 saturated heterocycles. The van der Waals surface area contributed by atoms with E-state index in [9.17, 15) is 23.6 Å². The first-order chi connectivity index (χ1) is 17.2. The number of anilines is 1. The molecule has 0 bridgehead atoms. The third-order valence-electron chi connectivity index (χ3n) is 4.73. The Morgan fingerprint density at radius 1 is 1.11 bits per heavy atom. The number of benzene rings is 2. The topological polar surface area (TPSA) is 123 Å². The van der Waals surface area contributed by atoms with E-state index in [4.69, 9.17) is 14.2 Å². The smallest absolute Gasteiger partial charge is 0.344 e. The normalized spacial score (nSPS) is 14.0. The highest BCUT2D eigenvalue weighted by atomic mass is 79.9. The first kappa shape index (κ1) is 26.7. The number of para-hydroxylation sites is 1. The van der Waals surface area contributed by atoms with Crippen molar-refractivity contribution in [1.29, 1.82) is 0 Å². The maximum absolute atomic E-state index is 13.8. The number of hydrogen-bond donors (Lipinski definition) is 2. The van der Waals surface area contributed by atoms with Crippen LogP contribution in [0.1, 0.15) is 19.4 Å². The molecule has 0 spiro atoms. The number of amides is 4. The predicted molar refractivity (Wildman–Crippen MR) is 131 cm³/mol. The third kappa shape index (κ3) is 6.60. The van der Waals surface area contributed by atoms with E-state index in [1.807, 2.05) is 0 Å². The maximum atomic E-state index is 13.8. The summed E-state index contributed by atoms with van der Waals surface area (Å²) in [6.45, 7) is 3.04. The molecule has 4 amide bonds. The van der Waals surface area contributed by atoms with Gasteiger partial charge in [0.15, 0.2) is 18.1 Å². The van der Waals surface area contributed by atoms with Crippen LogP contribution in [-0.4, -0.2) is 55.1 Å². The van der Waals surface area contributed by atoms with Crippen LogP contribution in [0.2, 0.25) is 0 Å². The zero-order chi connectivity index (χ0) is 26.2. The molecule has 36 heavy (non-hydrogen) atoms. The molecule has 3 rings (SSSR count). The zero-order valence-electron chi connectivity index (χ0n) is 19.4. The summed E-state index contributed by atoms with van der Waals surface area (Å²) in [7, 11) is 0. The van der Waals surface area contributed by atoms with Gasteiger partial charge < -0.3 is 24.8 Å². The lowest BCUT2D eigenvalue weighted by atomic mass is 10.1. The van der Waals surface area contributed by atoms with Crippen LogP contribution in [0.5, 0.6) is 11.5 Å². The van der Waals surface area contributed by atoms with Crippen LogP contribution in [0.25, 0.3) is 6.08 Å². The zero-order valence-corrected chi connectivity index (χ0v) is 21.0. The second-order valence-corrected chi connectivity index (χ2v) is 8.11. The summed E-state index contributed by atoms with van der Waals surface area (Å²) in [5.41, 5.74) is 0.313. The average molecular weight is 564 g/mol. The minimum atomic E-state index is -0.800. The number of imide groups is 1. The number of carbonyl (C=O) groups excluding carboxylic acids is 4. The van der Waals surface area contributed by atoms with Crippen LogP contribution >= 0.6 is 15.9 Å². The predicted octanol–water partition coefficient (Wildman–Crippen LogP) is 3.46. The van der Waals surface area contributed by atoms with Crippen molar-refractivity contribution in [2.75, 3.05) is 31.7 Å². The molecule has 0 radical (unpaired) electrons. The molecule has 1 aliphatic heterocycles. The maximum Gasteiger partial charge on any atom is 0.344 e. The van der Waals surface area contributed by atoms with Crippen molar-refractivity contribution < 1.29 is 37.8 Å². The number of ether oxygens (including phenoxy) is 3. The Morgan fingerprint density at radius 2 is 1.83 bits per heavy atom. The van der Waals surface area contributed by atoms with Crippen LogP contribution in [-0.2, 0) is 19.1 Å². The standard InChI is InChI=1S/C24H23BrFN3O7/c1-3-34-19-10-14(15(25)11-20(19)36-13-22(31)35-4-2)9-18-23(32)29(24(33)28-18)12-21(30)27-17-8-6-5-7-16(17)26/h5-11H,3-4,12-13H2,1-2H3,(H,27,30)(H,28,33)/b18-9+. The van der Waals surface area contributed by atoms with Gasteiger partial charge in [-0.25, -0.2) is 18.9 Å². The lowest BCUT2D eigenvalue weighted by Crippen LogP contribution is -2.38. The minimum absolute atomic E-state index is 0.0667. The van der Waals surface area contributed by atoms with Gasteiger partial charge in [-0.15, -0.1) is 0 Å². The molecule has 0 aromatic heterocycles. The molecule has 2 aromatic rings.